The van der Waals surface area contributed by atoms with E-state index in [0.717, 1.165) is 19.3 Å². The largest absolute Gasteiger partial charge is 0.481 e. The van der Waals surface area contributed by atoms with Gasteiger partial charge in [-0.15, -0.1) is 0 Å². The number of hydrogen-bond acceptors (Lipinski definition) is 2. The second kappa shape index (κ2) is 1.53. The van der Waals surface area contributed by atoms with Gasteiger partial charge in [-0.05, 0) is 24.7 Å². The molecule has 0 unspecified atom stereocenters. The fourth-order valence-electron chi connectivity index (χ4n) is 2.13. The first-order valence-electron chi connectivity index (χ1n) is 3.62. The average molecular weight is 141 g/mol. The quantitative estimate of drug-likeness (QED) is 0.548. The van der Waals surface area contributed by atoms with E-state index in [-0.39, 0.29) is 17.4 Å². The molecule has 0 aromatic rings. The highest BCUT2D eigenvalue weighted by Gasteiger charge is 2.63. The van der Waals surface area contributed by atoms with Crippen molar-refractivity contribution in [3.05, 3.63) is 0 Å². The Morgan fingerprint density at radius 1 is 1.50 bits per heavy atom. The molecule has 1 atom stereocenters. The molecule has 2 aliphatic rings. The predicted molar refractivity (Wildman–Crippen MR) is 35.4 cm³/mol. The molecule has 0 heterocycles. The topological polar surface area (TPSA) is 63.3 Å². The van der Waals surface area contributed by atoms with Crippen LogP contribution in [0.15, 0.2) is 0 Å². The van der Waals surface area contributed by atoms with Crippen LogP contribution in [0.5, 0.6) is 0 Å². The molecule has 0 saturated heterocycles. The van der Waals surface area contributed by atoms with Crippen molar-refractivity contribution in [2.24, 2.45) is 17.1 Å². The maximum atomic E-state index is 10.4. The van der Waals surface area contributed by atoms with Gasteiger partial charge >= 0.3 is 5.97 Å². The summed E-state index contributed by atoms with van der Waals surface area (Å²) in [4.78, 5) is 10.4. The molecule has 56 valence electrons. The fourth-order valence-corrected chi connectivity index (χ4v) is 2.13. The van der Waals surface area contributed by atoms with Crippen molar-refractivity contribution in [3.63, 3.8) is 0 Å². The van der Waals surface area contributed by atoms with Crippen LogP contribution >= 0.6 is 0 Å². The molecular weight excluding hydrogens is 130 g/mol. The summed E-state index contributed by atoms with van der Waals surface area (Å²) < 4.78 is 0. The standard InChI is InChI=1S/C7H11NO2/c8-4-1-7(2-4)3-5(7)6(9)10/h4-5H,1-3,8H2,(H,9,10)/t4?,5-,7?/m1/s1. The predicted octanol–water partition coefficient (Wildman–Crippen LogP) is 0.198. The van der Waals surface area contributed by atoms with Crippen LogP contribution < -0.4 is 5.73 Å². The molecule has 0 bridgehead atoms. The number of rotatable bonds is 1. The molecule has 2 saturated carbocycles. The Bertz CT molecular complexity index is 184. The SMILES string of the molecule is NC1CC2(C1)C[C@@H]2C(=O)O. The Kier molecular flexibility index (Phi) is 0.944. The number of carboxylic acids is 1. The molecule has 10 heavy (non-hydrogen) atoms. The smallest absolute Gasteiger partial charge is 0.307 e. The van der Waals surface area contributed by atoms with Gasteiger partial charge in [-0.25, -0.2) is 0 Å². The number of hydrogen-bond donors (Lipinski definition) is 2. The van der Waals surface area contributed by atoms with Crippen molar-refractivity contribution in [2.45, 2.75) is 25.3 Å². The lowest BCUT2D eigenvalue weighted by atomic mass is 9.76. The Balaban J connectivity index is 1.96. The van der Waals surface area contributed by atoms with Gasteiger partial charge in [0.1, 0.15) is 0 Å². The number of nitrogens with two attached hydrogens (primary N) is 1. The first-order valence-corrected chi connectivity index (χ1v) is 3.62. The summed E-state index contributed by atoms with van der Waals surface area (Å²) >= 11 is 0. The molecule has 2 aliphatic carbocycles. The lowest BCUT2D eigenvalue weighted by Gasteiger charge is -2.33. The van der Waals surface area contributed by atoms with Crippen LogP contribution in [-0.2, 0) is 4.79 Å². The Morgan fingerprint density at radius 3 is 2.40 bits per heavy atom. The second-order valence-corrected chi connectivity index (χ2v) is 3.63. The van der Waals surface area contributed by atoms with E-state index in [1.54, 1.807) is 0 Å². The molecule has 0 radical (unpaired) electrons. The van der Waals surface area contributed by atoms with Crippen molar-refractivity contribution in [2.75, 3.05) is 0 Å². The van der Waals surface area contributed by atoms with Crippen LogP contribution in [0.2, 0.25) is 0 Å². The summed E-state index contributed by atoms with van der Waals surface area (Å²) in [5.41, 5.74) is 5.72. The third kappa shape index (κ3) is 0.611. The van der Waals surface area contributed by atoms with Gasteiger partial charge in [-0.3, -0.25) is 4.79 Å². The summed E-state index contributed by atoms with van der Waals surface area (Å²) in [5.74, 6) is -0.695. The zero-order valence-corrected chi connectivity index (χ0v) is 5.71. The summed E-state index contributed by atoms with van der Waals surface area (Å²) in [5, 5.41) is 8.60. The Hall–Kier alpha value is -0.570. The van der Waals surface area contributed by atoms with E-state index in [9.17, 15) is 4.79 Å². The fraction of sp³-hybridized carbons (Fsp3) is 0.857. The molecule has 3 nitrogen and oxygen atoms in total. The van der Waals surface area contributed by atoms with Gasteiger partial charge in [0, 0.05) is 6.04 Å². The van der Waals surface area contributed by atoms with Crippen LogP contribution in [0.3, 0.4) is 0 Å². The monoisotopic (exact) mass is 141 g/mol. The van der Waals surface area contributed by atoms with Gasteiger partial charge in [-0.1, -0.05) is 0 Å². The molecule has 1 spiro atoms. The van der Waals surface area contributed by atoms with E-state index in [0.29, 0.717) is 0 Å². The van der Waals surface area contributed by atoms with E-state index < -0.39 is 5.97 Å². The zero-order chi connectivity index (χ0) is 7.35. The normalized spacial score (nSPS) is 50.5. The van der Waals surface area contributed by atoms with Crippen molar-refractivity contribution < 1.29 is 9.90 Å². The van der Waals surface area contributed by atoms with Gasteiger partial charge in [0.05, 0.1) is 5.92 Å². The third-order valence-corrected chi connectivity index (χ3v) is 2.83. The van der Waals surface area contributed by atoms with Crippen molar-refractivity contribution in [3.8, 4) is 0 Å². The minimum Gasteiger partial charge on any atom is -0.481 e. The van der Waals surface area contributed by atoms with E-state index in [4.69, 9.17) is 10.8 Å². The minimum absolute atomic E-state index is 0.0627. The van der Waals surface area contributed by atoms with Crippen molar-refractivity contribution in [1.29, 1.82) is 0 Å². The molecule has 0 amide bonds. The highest BCUT2D eigenvalue weighted by atomic mass is 16.4. The number of carboxylic acid groups (broad SMARTS) is 1. The molecule has 3 N–H and O–H groups in total. The maximum absolute atomic E-state index is 10.4. The molecule has 0 aromatic carbocycles. The van der Waals surface area contributed by atoms with Crippen LogP contribution in [0.1, 0.15) is 19.3 Å². The molecular formula is C7H11NO2. The van der Waals surface area contributed by atoms with E-state index in [2.05, 4.69) is 0 Å². The van der Waals surface area contributed by atoms with Gasteiger partial charge in [0.25, 0.3) is 0 Å². The summed E-state index contributed by atoms with van der Waals surface area (Å²) in [6.45, 7) is 0. The summed E-state index contributed by atoms with van der Waals surface area (Å²) in [6, 6.07) is 0.282. The number of carbonyl (C=O) groups is 1. The first-order chi connectivity index (χ1) is 4.64. The second-order valence-electron chi connectivity index (χ2n) is 3.63. The Labute approximate surface area is 59.2 Å². The molecule has 2 fully saturated rings. The minimum atomic E-state index is -0.632. The van der Waals surface area contributed by atoms with E-state index in [1.165, 1.54) is 0 Å². The van der Waals surface area contributed by atoms with Gasteiger partial charge in [0.15, 0.2) is 0 Å². The molecule has 3 heteroatoms. The van der Waals surface area contributed by atoms with Crippen molar-refractivity contribution in [1.82, 2.24) is 0 Å². The maximum Gasteiger partial charge on any atom is 0.307 e. The van der Waals surface area contributed by atoms with Gasteiger partial charge in [0.2, 0.25) is 0 Å². The van der Waals surface area contributed by atoms with Crippen molar-refractivity contribution >= 4 is 5.97 Å². The van der Waals surface area contributed by atoms with Crippen LogP contribution in [0, 0.1) is 11.3 Å². The third-order valence-electron chi connectivity index (χ3n) is 2.83. The van der Waals surface area contributed by atoms with E-state index in [1.807, 2.05) is 0 Å². The lowest BCUT2D eigenvalue weighted by molar-refractivity contribution is -0.140. The zero-order valence-electron chi connectivity index (χ0n) is 5.71. The summed E-state index contributed by atoms with van der Waals surface area (Å²) in [6.07, 6.45) is 2.74. The number of aliphatic carboxylic acids is 1. The first kappa shape index (κ1) is 6.16. The lowest BCUT2D eigenvalue weighted by Crippen LogP contribution is -2.39. The molecule has 2 rings (SSSR count). The highest BCUT2D eigenvalue weighted by molar-refractivity contribution is 5.75. The molecule has 0 aromatic heterocycles. The summed E-state index contributed by atoms with van der Waals surface area (Å²) in [7, 11) is 0. The molecule has 0 aliphatic heterocycles. The van der Waals surface area contributed by atoms with Gasteiger partial charge in [-0.2, -0.15) is 0 Å². The van der Waals surface area contributed by atoms with Crippen LogP contribution in [-0.4, -0.2) is 17.1 Å². The Morgan fingerprint density at radius 2 is 2.10 bits per heavy atom. The average Bonchev–Trinajstić information content (AvgIpc) is 2.40. The van der Waals surface area contributed by atoms with Crippen LogP contribution in [0.25, 0.3) is 0 Å². The van der Waals surface area contributed by atoms with E-state index >= 15 is 0 Å². The van der Waals surface area contributed by atoms with Crippen LogP contribution in [0.4, 0.5) is 0 Å². The highest BCUT2D eigenvalue weighted by Crippen LogP contribution is 2.64. The van der Waals surface area contributed by atoms with Gasteiger partial charge < -0.3 is 10.8 Å².